The van der Waals surface area contributed by atoms with E-state index in [9.17, 15) is 4.79 Å². The molecule has 5 heteroatoms. The minimum atomic E-state index is 0.0511. The second-order valence-electron chi connectivity index (χ2n) is 5.08. The van der Waals surface area contributed by atoms with Crippen molar-refractivity contribution in [3.8, 4) is 0 Å². The van der Waals surface area contributed by atoms with E-state index in [-0.39, 0.29) is 5.91 Å². The first-order valence-corrected chi connectivity index (χ1v) is 7.49. The summed E-state index contributed by atoms with van der Waals surface area (Å²) in [6.07, 6.45) is 5.97. The maximum atomic E-state index is 12.0. The molecule has 0 saturated carbocycles. The summed E-state index contributed by atoms with van der Waals surface area (Å²) in [6, 6.07) is 0. The predicted octanol–water partition coefficient (Wildman–Crippen LogP) is 2.25. The SMILES string of the molecule is Cc1cscc1C(=O)NC[C@@H]1CCc2nccn2C1. The standard InChI is InChI=1S/C14H17N3OS/c1-10-8-19-9-12(10)14(18)16-6-11-2-3-13-15-4-5-17(13)7-11/h4-5,8-9,11H,2-3,6-7H2,1H3,(H,16,18)/t11-/m0/s1. The number of carbonyl (C=O) groups excluding carboxylic acids is 1. The van der Waals surface area contributed by atoms with Gasteiger partial charge in [-0.3, -0.25) is 4.79 Å². The predicted molar refractivity (Wildman–Crippen MR) is 75.4 cm³/mol. The molecule has 2 aromatic heterocycles. The Balaban J connectivity index is 1.56. The second-order valence-corrected chi connectivity index (χ2v) is 5.82. The highest BCUT2D eigenvalue weighted by Gasteiger charge is 2.19. The maximum absolute atomic E-state index is 12.0. The van der Waals surface area contributed by atoms with Crippen LogP contribution in [0.15, 0.2) is 23.2 Å². The lowest BCUT2D eigenvalue weighted by molar-refractivity contribution is 0.0943. The van der Waals surface area contributed by atoms with Crippen LogP contribution in [0.25, 0.3) is 0 Å². The molecule has 1 aliphatic rings. The van der Waals surface area contributed by atoms with Crippen molar-refractivity contribution < 1.29 is 4.79 Å². The number of aromatic nitrogens is 2. The molecule has 0 spiro atoms. The molecule has 1 amide bonds. The molecule has 100 valence electrons. The van der Waals surface area contributed by atoms with Crippen molar-refractivity contribution in [1.29, 1.82) is 0 Å². The molecule has 0 aliphatic carbocycles. The van der Waals surface area contributed by atoms with E-state index in [0.717, 1.165) is 42.9 Å². The molecule has 2 aromatic rings. The highest BCUT2D eigenvalue weighted by Crippen LogP contribution is 2.18. The first-order chi connectivity index (χ1) is 9.24. The summed E-state index contributed by atoms with van der Waals surface area (Å²) in [5.74, 6) is 1.72. The van der Waals surface area contributed by atoms with E-state index in [1.54, 1.807) is 11.3 Å². The number of carbonyl (C=O) groups is 1. The summed E-state index contributed by atoms with van der Waals surface area (Å²) in [4.78, 5) is 16.4. The number of imidazole rings is 1. The summed E-state index contributed by atoms with van der Waals surface area (Å²) >= 11 is 1.57. The molecule has 1 N–H and O–H groups in total. The van der Waals surface area contributed by atoms with Gasteiger partial charge < -0.3 is 9.88 Å². The lowest BCUT2D eigenvalue weighted by Gasteiger charge is -2.23. The second kappa shape index (κ2) is 5.17. The molecule has 4 nitrogen and oxygen atoms in total. The fraction of sp³-hybridized carbons (Fsp3) is 0.429. The van der Waals surface area contributed by atoms with Crippen molar-refractivity contribution in [3.05, 3.63) is 40.1 Å². The molecule has 1 atom stereocenters. The Morgan fingerprint density at radius 1 is 1.58 bits per heavy atom. The van der Waals surface area contributed by atoms with Gasteiger partial charge in [-0.15, -0.1) is 0 Å². The van der Waals surface area contributed by atoms with Crippen molar-refractivity contribution >= 4 is 17.2 Å². The third-order valence-corrected chi connectivity index (χ3v) is 4.55. The van der Waals surface area contributed by atoms with E-state index in [1.165, 1.54) is 0 Å². The minimum absolute atomic E-state index is 0.0511. The van der Waals surface area contributed by atoms with Crippen molar-refractivity contribution in [2.45, 2.75) is 26.3 Å². The summed E-state index contributed by atoms with van der Waals surface area (Å²) in [6.45, 7) is 3.67. The van der Waals surface area contributed by atoms with Crippen LogP contribution in [0.2, 0.25) is 0 Å². The third kappa shape index (κ3) is 2.56. The Kier molecular flexibility index (Phi) is 3.38. The molecule has 19 heavy (non-hydrogen) atoms. The van der Waals surface area contributed by atoms with Crippen LogP contribution in [0.1, 0.15) is 28.2 Å². The lowest BCUT2D eigenvalue weighted by atomic mass is 9.99. The molecule has 0 bridgehead atoms. The Morgan fingerprint density at radius 3 is 3.26 bits per heavy atom. The number of nitrogens with one attached hydrogen (secondary N) is 1. The molecular weight excluding hydrogens is 258 g/mol. The van der Waals surface area contributed by atoms with Crippen LogP contribution < -0.4 is 5.32 Å². The van der Waals surface area contributed by atoms with Crippen LogP contribution in [0.3, 0.4) is 0 Å². The van der Waals surface area contributed by atoms with E-state index < -0.39 is 0 Å². The largest absolute Gasteiger partial charge is 0.352 e. The van der Waals surface area contributed by atoms with E-state index in [0.29, 0.717) is 5.92 Å². The van der Waals surface area contributed by atoms with Gasteiger partial charge in [0.05, 0.1) is 5.56 Å². The van der Waals surface area contributed by atoms with E-state index >= 15 is 0 Å². The number of hydrogen-bond acceptors (Lipinski definition) is 3. The highest BCUT2D eigenvalue weighted by atomic mass is 32.1. The van der Waals surface area contributed by atoms with Crippen molar-refractivity contribution in [3.63, 3.8) is 0 Å². The Bertz CT molecular complexity index is 587. The van der Waals surface area contributed by atoms with Gasteiger partial charge in [-0.1, -0.05) is 0 Å². The number of thiophene rings is 1. The number of nitrogens with zero attached hydrogens (tertiary/aromatic N) is 2. The molecule has 0 unspecified atom stereocenters. The normalized spacial score (nSPS) is 18.1. The lowest BCUT2D eigenvalue weighted by Crippen LogP contribution is -2.33. The van der Waals surface area contributed by atoms with Crippen LogP contribution in [0, 0.1) is 12.8 Å². The Morgan fingerprint density at radius 2 is 2.47 bits per heavy atom. The van der Waals surface area contributed by atoms with Crippen LogP contribution in [0.5, 0.6) is 0 Å². The Hall–Kier alpha value is -1.62. The number of fused-ring (bicyclic) bond motifs is 1. The van der Waals surface area contributed by atoms with Crippen LogP contribution >= 0.6 is 11.3 Å². The van der Waals surface area contributed by atoms with Crippen LogP contribution in [-0.4, -0.2) is 22.0 Å². The first kappa shape index (κ1) is 12.4. The molecule has 3 heterocycles. The third-order valence-electron chi connectivity index (χ3n) is 3.68. The number of aryl methyl sites for hydroxylation is 2. The molecule has 3 rings (SSSR count). The van der Waals surface area contributed by atoms with Gasteiger partial charge in [0.1, 0.15) is 5.82 Å². The zero-order chi connectivity index (χ0) is 13.2. The summed E-state index contributed by atoms with van der Waals surface area (Å²) in [5.41, 5.74) is 1.87. The van der Waals surface area contributed by atoms with Gasteiger partial charge in [-0.25, -0.2) is 4.98 Å². The average molecular weight is 275 g/mol. The zero-order valence-electron chi connectivity index (χ0n) is 10.9. The zero-order valence-corrected chi connectivity index (χ0v) is 11.7. The van der Waals surface area contributed by atoms with Crippen molar-refractivity contribution in [2.75, 3.05) is 6.54 Å². The summed E-state index contributed by atoms with van der Waals surface area (Å²) in [5, 5.41) is 6.98. The first-order valence-electron chi connectivity index (χ1n) is 6.55. The molecular formula is C14H17N3OS. The summed E-state index contributed by atoms with van der Waals surface area (Å²) in [7, 11) is 0. The smallest absolute Gasteiger partial charge is 0.252 e. The fourth-order valence-electron chi connectivity index (χ4n) is 2.53. The maximum Gasteiger partial charge on any atom is 0.252 e. The quantitative estimate of drug-likeness (QED) is 0.934. The van der Waals surface area contributed by atoms with Crippen molar-refractivity contribution in [2.24, 2.45) is 5.92 Å². The van der Waals surface area contributed by atoms with E-state index in [2.05, 4.69) is 14.9 Å². The fourth-order valence-corrected chi connectivity index (χ4v) is 3.36. The van der Waals surface area contributed by atoms with Gasteiger partial charge in [-0.05, 0) is 30.2 Å². The number of hydrogen-bond donors (Lipinski definition) is 1. The van der Waals surface area contributed by atoms with Gasteiger partial charge >= 0.3 is 0 Å². The van der Waals surface area contributed by atoms with Gasteiger partial charge in [0.2, 0.25) is 0 Å². The molecule has 0 radical (unpaired) electrons. The Labute approximate surface area is 116 Å². The molecule has 0 saturated heterocycles. The van der Waals surface area contributed by atoms with Gasteiger partial charge in [0.25, 0.3) is 5.91 Å². The minimum Gasteiger partial charge on any atom is -0.352 e. The topological polar surface area (TPSA) is 46.9 Å². The van der Waals surface area contributed by atoms with E-state index in [1.807, 2.05) is 30.1 Å². The highest BCUT2D eigenvalue weighted by molar-refractivity contribution is 7.08. The average Bonchev–Trinajstić information content (AvgIpc) is 3.03. The van der Waals surface area contributed by atoms with Gasteiger partial charge in [0, 0.05) is 37.3 Å². The molecule has 1 aliphatic heterocycles. The summed E-state index contributed by atoms with van der Waals surface area (Å²) < 4.78 is 2.19. The molecule has 0 aromatic carbocycles. The number of amides is 1. The van der Waals surface area contributed by atoms with Gasteiger partial charge in [-0.2, -0.15) is 11.3 Å². The van der Waals surface area contributed by atoms with Gasteiger partial charge in [0.15, 0.2) is 0 Å². The van der Waals surface area contributed by atoms with Crippen LogP contribution in [-0.2, 0) is 13.0 Å². The number of rotatable bonds is 3. The van der Waals surface area contributed by atoms with Crippen molar-refractivity contribution in [1.82, 2.24) is 14.9 Å². The molecule has 0 fully saturated rings. The van der Waals surface area contributed by atoms with Crippen LogP contribution in [0.4, 0.5) is 0 Å². The van der Waals surface area contributed by atoms with E-state index in [4.69, 9.17) is 0 Å². The monoisotopic (exact) mass is 275 g/mol.